The molecule has 0 aliphatic carbocycles. The molecule has 0 fully saturated rings. The van der Waals surface area contributed by atoms with E-state index in [9.17, 15) is 21.6 Å². The highest BCUT2D eigenvalue weighted by Gasteiger charge is 2.23. The van der Waals surface area contributed by atoms with Gasteiger partial charge >= 0.3 is 6.03 Å². The van der Waals surface area contributed by atoms with Crippen LogP contribution < -0.4 is 23.8 Å². The van der Waals surface area contributed by atoms with E-state index in [0.29, 0.717) is 0 Å². The van der Waals surface area contributed by atoms with Crippen LogP contribution in [-0.4, -0.2) is 64.8 Å². The number of aromatic nitrogens is 3. The van der Waals surface area contributed by atoms with Crippen LogP contribution in [0.15, 0.2) is 29.3 Å². The Labute approximate surface area is 173 Å². The van der Waals surface area contributed by atoms with Gasteiger partial charge in [-0.1, -0.05) is 6.07 Å². The Kier molecular flexibility index (Phi) is 6.99. The molecule has 0 aliphatic heterocycles. The zero-order valence-electron chi connectivity index (χ0n) is 16.5. The van der Waals surface area contributed by atoms with E-state index in [-0.39, 0.29) is 30.1 Å². The second kappa shape index (κ2) is 9.08. The first-order chi connectivity index (χ1) is 14.0. The van der Waals surface area contributed by atoms with Crippen molar-refractivity contribution in [3.8, 4) is 11.8 Å². The maximum absolute atomic E-state index is 12.5. The fourth-order valence-corrected chi connectivity index (χ4v) is 4.01. The molecular weight excluding hydrogens is 440 g/mol. The van der Waals surface area contributed by atoms with Gasteiger partial charge in [-0.15, -0.1) is 0 Å². The Morgan fingerprint density at radius 2 is 1.67 bits per heavy atom. The number of amides is 2. The minimum atomic E-state index is -4.43. The van der Waals surface area contributed by atoms with Gasteiger partial charge in [0.05, 0.1) is 26.5 Å². The lowest BCUT2D eigenvalue weighted by Gasteiger charge is -2.19. The van der Waals surface area contributed by atoms with Gasteiger partial charge in [-0.2, -0.15) is 18.4 Å². The summed E-state index contributed by atoms with van der Waals surface area (Å²) in [6.07, 6.45) is 0.966. The standard InChI is InChI=1S/C15H20N6O7S2/c1-5-21(29(4,23)24)10-7-6-8-13(16-10)30(25,26)20-15(22)19-14-17-11(27-2)9-12(18-14)28-3/h6-9H,5H2,1-4H3,(H2,17,18,19,20,22). The lowest BCUT2D eigenvalue weighted by atomic mass is 10.4. The number of sulfonamides is 2. The number of carbonyl (C=O) groups is 1. The first-order valence-corrected chi connectivity index (χ1v) is 11.6. The maximum Gasteiger partial charge on any atom is 0.335 e. The minimum absolute atomic E-state index is 0.0399. The van der Waals surface area contributed by atoms with Gasteiger partial charge < -0.3 is 9.47 Å². The molecular formula is C15H20N6O7S2. The molecule has 2 aromatic heterocycles. The Morgan fingerprint density at radius 3 is 2.17 bits per heavy atom. The molecule has 0 spiro atoms. The number of nitrogens with one attached hydrogen (secondary N) is 2. The van der Waals surface area contributed by atoms with Crippen molar-refractivity contribution in [2.75, 3.05) is 36.6 Å². The summed E-state index contributed by atoms with van der Waals surface area (Å²) in [6.45, 7) is 1.61. The maximum atomic E-state index is 12.5. The third kappa shape index (κ3) is 5.66. The molecule has 0 saturated heterocycles. The molecule has 2 rings (SSSR count). The number of ether oxygens (including phenoxy) is 2. The van der Waals surface area contributed by atoms with Gasteiger partial charge in [0.25, 0.3) is 10.0 Å². The monoisotopic (exact) mass is 460 g/mol. The van der Waals surface area contributed by atoms with Gasteiger partial charge in [-0.3, -0.25) is 9.62 Å². The average Bonchev–Trinajstić information content (AvgIpc) is 2.66. The number of carbonyl (C=O) groups excluding carboxylic acids is 1. The first-order valence-electron chi connectivity index (χ1n) is 8.25. The number of hydrogen-bond acceptors (Lipinski definition) is 10. The van der Waals surface area contributed by atoms with Gasteiger partial charge in [-0.05, 0) is 19.1 Å². The molecule has 30 heavy (non-hydrogen) atoms. The summed E-state index contributed by atoms with van der Waals surface area (Å²) in [7, 11) is -5.43. The third-order valence-electron chi connectivity index (χ3n) is 3.48. The van der Waals surface area contributed by atoms with Gasteiger partial charge in [0.1, 0.15) is 5.82 Å². The van der Waals surface area contributed by atoms with Crippen LogP contribution in [0.1, 0.15) is 6.92 Å². The van der Waals surface area contributed by atoms with Crippen molar-refractivity contribution >= 4 is 37.8 Å². The lowest BCUT2D eigenvalue weighted by molar-refractivity contribution is 0.256. The Morgan fingerprint density at radius 1 is 1.07 bits per heavy atom. The highest BCUT2D eigenvalue weighted by Crippen LogP contribution is 2.18. The van der Waals surface area contributed by atoms with Crippen LogP contribution in [0.5, 0.6) is 11.8 Å². The van der Waals surface area contributed by atoms with Gasteiger partial charge in [0, 0.05) is 6.54 Å². The summed E-state index contributed by atoms with van der Waals surface area (Å²) >= 11 is 0. The minimum Gasteiger partial charge on any atom is -0.481 e. The zero-order chi connectivity index (χ0) is 22.5. The van der Waals surface area contributed by atoms with Gasteiger partial charge in [0.15, 0.2) is 5.03 Å². The average molecular weight is 460 g/mol. The van der Waals surface area contributed by atoms with Crippen molar-refractivity contribution in [2.45, 2.75) is 11.9 Å². The van der Waals surface area contributed by atoms with Crippen LogP contribution >= 0.6 is 0 Å². The predicted molar refractivity (Wildman–Crippen MR) is 107 cm³/mol. The summed E-state index contributed by atoms with van der Waals surface area (Å²) in [5.41, 5.74) is 0. The van der Waals surface area contributed by atoms with Gasteiger partial charge in [-0.25, -0.2) is 22.9 Å². The summed E-state index contributed by atoms with van der Waals surface area (Å²) in [4.78, 5) is 23.7. The second-order valence-electron chi connectivity index (χ2n) is 5.60. The molecule has 164 valence electrons. The van der Waals surface area contributed by atoms with E-state index in [2.05, 4.69) is 20.3 Å². The van der Waals surface area contributed by atoms with Crippen LogP contribution in [0.3, 0.4) is 0 Å². The van der Waals surface area contributed by atoms with Crippen molar-refractivity contribution in [2.24, 2.45) is 0 Å². The van der Waals surface area contributed by atoms with E-state index >= 15 is 0 Å². The molecule has 2 heterocycles. The van der Waals surface area contributed by atoms with Crippen molar-refractivity contribution in [1.82, 2.24) is 19.7 Å². The Balaban J connectivity index is 2.25. The smallest absolute Gasteiger partial charge is 0.335 e. The molecule has 0 saturated carbocycles. The molecule has 15 heteroatoms. The van der Waals surface area contributed by atoms with Crippen LogP contribution in [-0.2, 0) is 20.0 Å². The van der Waals surface area contributed by atoms with Crippen LogP contribution in [0, 0.1) is 0 Å². The quantitative estimate of drug-likeness (QED) is 0.554. The molecule has 2 amide bonds. The molecule has 0 aliphatic rings. The zero-order valence-corrected chi connectivity index (χ0v) is 18.1. The van der Waals surface area contributed by atoms with E-state index in [1.807, 2.05) is 0 Å². The van der Waals surface area contributed by atoms with E-state index in [1.54, 1.807) is 11.6 Å². The molecule has 2 aromatic rings. The van der Waals surface area contributed by atoms with E-state index < -0.39 is 31.1 Å². The number of hydrogen-bond donors (Lipinski definition) is 2. The number of urea groups is 1. The van der Waals surface area contributed by atoms with Crippen LogP contribution in [0.25, 0.3) is 0 Å². The summed E-state index contributed by atoms with van der Waals surface area (Å²) < 4.78 is 61.2. The van der Waals surface area contributed by atoms with Crippen molar-refractivity contribution < 1.29 is 31.1 Å². The van der Waals surface area contributed by atoms with E-state index in [1.165, 1.54) is 32.4 Å². The summed E-state index contributed by atoms with van der Waals surface area (Å²) in [5.74, 6) is -0.219. The normalized spacial score (nSPS) is 11.5. The van der Waals surface area contributed by atoms with Gasteiger partial charge in [0.2, 0.25) is 27.7 Å². The topological polar surface area (TPSA) is 170 Å². The van der Waals surface area contributed by atoms with Crippen molar-refractivity contribution in [3.05, 3.63) is 24.3 Å². The van der Waals surface area contributed by atoms with E-state index in [4.69, 9.17) is 9.47 Å². The van der Waals surface area contributed by atoms with Crippen molar-refractivity contribution in [1.29, 1.82) is 0 Å². The molecule has 0 aromatic carbocycles. The number of anilines is 2. The molecule has 2 N–H and O–H groups in total. The second-order valence-corrected chi connectivity index (χ2v) is 9.13. The number of nitrogens with zero attached hydrogens (tertiary/aromatic N) is 4. The molecule has 0 bridgehead atoms. The van der Waals surface area contributed by atoms with Crippen molar-refractivity contribution in [3.63, 3.8) is 0 Å². The summed E-state index contributed by atoms with van der Waals surface area (Å²) in [6, 6.07) is 3.93. The predicted octanol–water partition coefficient (Wildman–Crippen LogP) is 0.185. The highest BCUT2D eigenvalue weighted by atomic mass is 32.2. The molecule has 13 nitrogen and oxygen atoms in total. The highest BCUT2D eigenvalue weighted by molar-refractivity contribution is 7.92. The fourth-order valence-electron chi connectivity index (χ4n) is 2.23. The van der Waals surface area contributed by atoms with Crippen LogP contribution in [0.2, 0.25) is 0 Å². The summed E-state index contributed by atoms with van der Waals surface area (Å²) in [5, 5.41) is 1.59. The number of pyridine rings is 1. The molecule has 0 unspecified atom stereocenters. The fraction of sp³-hybridized carbons (Fsp3) is 0.333. The molecule has 0 atom stereocenters. The first kappa shape index (κ1) is 23.1. The van der Waals surface area contributed by atoms with E-state index in [0.717, 1.165) is 16.6 Å². The van der Waals surface area contributed by atoms with Crippen LogP contribution in [0.4, 0.5) is 16.6 Å². The third-order valence-corrected chi connectivity index (χ3v) is 5.96. The lowest BCUT2D eigenvalue weighted by Crippen LogP contribution is -2.36. The SMILES string of the molecule is CCN(c1cccc(S(=O)(=O)NC(=O)Nc2nc(OC)cc(OC)n2)n1)S(C)(=O)=O. The Hall–Kier alpha value is -3.20. The largest absolute Gasteiger partial charge is 0.481 e. The number of methoxy groups -OCH3 is 2. The molecule has 0 radical (unpaired) electrons. The Bertz CT molecular complexity index is 1120. The number of rotatable bonds is 8.